The van der Waals surface area contributed by atoms with Crippen molar-refractivity contribution in [2.75, 3.05) is 0 Å². The summed E-state index contributed by atoms with van der Waals surface area (Å²) in [6.07, 6.45) is 20.0. The smallest absolute Gasteiger partial charge is 0.134 e. The van der Waals surface area contributed by atoms with Crippen LogP contribution in [-0.4, -0.2) is 11.2 Å². The van der Waals surface area contributed by atoms with Crippen molar-refractivity contribution in [3.05, 3.63) is 0 Å². The van der Waals surface area contributed by atoms with E-state index in [1.54, 1.807) is 0 Å². The second kappa shape index (κ2) is 13.4. The molecule has 0 radical (unpaired) electrons. The zero-order chi connectivity index (χ0) is 16.0. The van der Waals surface area contributed by atoms with Crippen LogP contribution in [0, 0.1) is 5.92 Å². The average molecular weight is 329 g/mol. The first kappa shape index (κ1) is 20.0. The lowest BCUT2D eigenvalue weighted by atomic mass is 10.0. The first-order chi connectivity index (χ1) is 10.7. The number of halogens is 1. The van der Waals surface area contributed by atoms with Gasteiger partial charge in [0.05, 0.1) is 0 Å². The van der Waals surface area contributed by atoms with E-state index in [1.165, 1.54) is 83.5 Å². The summed E-state index contributed by atoms with van der Waals surface area (Å²) < 4.78 is 0. The number of rotatable bonds is 16. The molecule has 1 saturated carbocycles. The summed E-state index contributed by atoms with van der Waals surface area (Å²) in [6, 6.07) is 0. The minimum Gasteiger partial charge on any atom is -0.300 e. The lowest BCUT2D eigenvalue weighted by Crippen LogP contribution is -2.09. The van der Waals surface area contributed by atoms with E-state index in [1.807, 2.05) is 0 Å². The van der Waals surface area contributed by atoms with Crippen LogP contribution < -0.4 is 0 Å². The van der Waals surface area contributed by atoms with Gasteiger partial charge in [-0.1, -0.05) is 77.6 Å². The van der Waals surface area contributed by atoms with Gasteiger partial charge in [0.1, 0.15) is 5.78 Å². The second-order valence-electron chi connectivity index (χ2n) is 7.24. The molecular weight excluding hydrogens is 292 g/mol. The van der Waals surface area contributed by atoms with E-state index in [4.69, 9.17) is 11.6 Å². The topological polar surface area (TPSA) is 17.1 Å². The van der Waals surface area contributed by atoms with Gasteiger partial charge in [0.2, 0.25) is 0 Å². The van der Waals surface area contributed by atoms with Crippen molar-refractivity contribution in [3.63, 3.8) is 0 Å². The molecular formula is C20H37ClO. The maximum Gasteiger partial charge on any atom is 0.134 e. The number of unbranched alkanes of at least 4 members (excludes halogenated alkanes) is 11. The molecule has 0 aromatic rings. The van der Waals surface area contributed by atoms with Crippen molar-refractivity contribution in [2.24, 2.45) is 5.92 Å². The second-order valence-corrected chi connectivity index (χ2v) is 7.80. The Morgan fingerprint density at radius 3 is 1.77 bits per heavy atom. The lowest BCUT2D eigenvalue weighted by Gasteiger charge is -2.06. The third kappa shape index (κ3) is 11.5. The van der Waals surface area contributed by atoms with Crippen LogP contribution in [0.3, 0.4) is 0 Å². The summed E-state index contributed by atoms with van der Waals surface area (Å²) in [4.78, 5) is 11.8. The summed E-state index contributed by atoms with van der Waals surface area (Å²) in [5, 5.41) is 0.129. The lowest BCUT2D eigenvalue weighted by molar-refractivity contribution is -0.119. The molecule has 0 aliphatic heterocycles. The third-order valence-electron chi connectivity index (χ3n) is 4.87. The van der Waals surface area contributed by atoms with E-state index in [9.17, 15) is 4.79 Å². The zero-order valence-electron chi connectivity index (χ0n) is 14.8. The van der Waals surface area contributed by atoms with E-state index in [0.717, 1.165) is 12.8 Å². The molecule has 1 nitrogen and oxygen atoms in total. The first-order valence-corrected chi connectivity index (χ1v) is 10.3. The van der Waals surface area contributed by atoms with E-state index < -0.39 is 0 Å². The van der Waals surface area contributed by atoms with Crippen molar-refractivity contribution in [3.8, 4) is 0 Å². The number of alkyl halides is 1. The Labute approximate surface area is 143 Å². The Hall–Kier alpha value is -0.0400. The Morgan fingerprint density at radius 2 is 1.32 bits per heavy atom. The Bertz CT molecular complexity index is 273. The highest BCUT2D eigenvalue weighted by molar-refractivity contribution is 6.22. The van der Waals surface area contributed by atoms with Gasteiger partial charge in [-0.15, -0.1) is 11.6 Å². The van der Waals surface area contributed by atoms with E-state index in [2.05, 4.69) is 6.92 Å². The molecule has 0 N–H and O–H groups in total. The van der Waals surface area contributed by atoms with Crippen molar-refractivity contribution in [1.82, 2.24) is 0 Å². The summed E-state index contributed by atoms with van der Waals surface area (Å²) >= 11 is 6.20. The molecule has 22 heavy (non-hydrogen) atoms. The molecule has 1 aliphatic carbocycles. The number of Topliss-reactive ketones (excluding diaryl/α,β-unsaturated/α-hetero) is 1. The maximum absolute atomic E-state index is 11.8. The van der Waals surface area contributed by atoms with E-state index >= 15 is 0 Å². The van der Waals surface area contributed by atoms with Crippen LogP contribution in [0.4, 0.5) is 0 Å². The molecule has 1 atom stereocenters. The van der Waals surface area contributed by atoms with Gasteiger partial charge >= 0.3 is 0 Å². The summed E-state index contributed by atoms with van der Waals surface area (Å²) in [5.74, 6) is 1.03. The molecule has 0 aromatic heterocycles. The van der Waals surface area contributed by atoms with Crippen LogP contribution in [0.15, 0.2) is 0 Å². The molecule has 0 aromatic carbocycles. The molecule has 1 fully saturated rings. The molecule has 0 spiro atoms. The van der Waals surface area contributed by atoms with Gasteiger partial charge in [0.15, 0.2) is 0 Å². The molecule has 0 heterocycles. The number of hydrogen-bond acceptors (Lipinski definition) is 1. The SMILES string of the molecule is CCCCCCCCCCCCCCC(=O)CC(Cl)C1CC1. The molecule has 2 heteroatoms. The van der Waals surface area contributed by atoms with Gasteiger partial charge in [-0.25, -0.2) is 0 Å². The predicted octanol–water partition coefficient (Wildman–Crippen LogP) is 7.05. The maximum atomic E-state index is 11.8. The van der Waals surface area contributed by atoms with Crippen LogP contribution >= 0.6 is 11.6 Å². The van der Waals surface area contributed by atoms with Crippen LogP contribution in [0.1, 0.15) is 110 Å². The fourth-order valence-corrected chi connectivity index (χ4v) is 3.53. The van der Waals surface area contributed by atoms with Gasteiger partial charge in [0.25, 0.3) is 0 Å². The van der Waals surface area contributed by atoms with Crippen molar-refractivity contribution in [1.29, 1.82) is 0 Å². The predicted molar refractivity (Wildman–Crippen MR) is 97.7 cm³/mol. The van der Waals surface area contributed by atoms with E-state index in [-0.39, 0.29) is 5.38 Å². The van der Waals surface area contributed by atoms with Crippen molar-refractivity contribution >= 4 is 17.4 Å². The van der Waals surface area contributed by atoms with Crippen molar-refractivity contribution in [2.45, 2.75) is 115 Å². The quantitative estimate of drug-likeness (QED) is 0.219. The molecule has 0 bridgehead atoms. The molecule has 1 aliphatic rings. The Kier molecular flexibility index (Phi) is 12.2. The van der Waals surface area contributed by atoms with Crippen LogP contribution in [0.2, 0.25) is 0 Å². The summed E-state index contributed by atoms with van der Waals surface area (Å²) in [7, 11) is 0. The van der Waals surface area contributed by atoms with Gasteiger partial charge in [-0.3, -0.25) is 4.79 Å². The standard InChI is InChI=1S/C20H37ClO/c1-2-3-4-5-6-7-8-9-10-11-12-13-14-19(22)17-20(21)18-15-16-18/h18,20H,2-17H2,1H3. The highest BCUT2D eigenvalue weighted by atomic mass is 35.5. The van der Waals surface area contributed by atoms with Crippen LogP contribution in [0.5, 0.6) is 0 Å². The fourth-order valence-electron chi connectivity index (χ4n) is 3.11. The van der Waals surface area contributed by atoms with Crippen LogP contribution in [-0.2, 0) is 4.79 Å². The first-order valence-electron chi connectivity index (χ1n) is 9.89. The number of ketones is 1. The third-order valence-corrected chi connectivity index (χ3v) is 5.38. The fraction of sp³-hybridized carbons (Fsp3) is 0.950. The van der Waals surface area contributed by atoms with Crippen molar-refractivity contribution < 1.29 is 4.79 Å². The number of hydrogen-bond donors (Lipinski definition) is 0. The van der Waals surface area contributed by atoms with Gasteiger partial charge in [-0.05, 0) is 25.2 Å². The van der Waals surface area contributed by atoms with Gasteiger partial charge < -0.3 is 0 Å². The van der Waals surface area contributed by atoms with Gasteiger partial charge in [0, 0.05) is 18.2 Å². The highest BCUT2D eigenvalue weighted by Crippen LogP contribution is 2.37. The monoisotopic (exact) mass is 328 g/mol. The number of carbonyl (C=O) groups excluding carboxylic acids is 1. The molecule has 1 unspecified atom stereocenters. The average Bonchev–Trinajstić information content (AvgIpc) is 3.33. The molecule has 130 valence electrons. The summed E-state index contributed by atoms with van der Waals surface area (Å²) in [6.45, 7) is 2.27. The molecule has 0 saturated heterocycles. The minimum atomic E-state index is 0.129. The largest absolute Gasteiger partial charge is 0.300 e. The van der Waals surface area contributed by atoms with E-state index in [0.29, 0.717) is 18.1 Å². The minimum absolute atomic E-state index is 0.129. The molecule has 0 amide bonds. The van der Waals surface area contributed by atoms with Crippen LogP contribution in [0.25, 0.3) is 0 Å². The normalized spacial score (nSPS) is 15.9. The Morgan fingerprint density at radius 1 is 0.864 bits per heavy atom. The Balaban J connectivity index is 1.75. The number of carbonyl (C=O) groups is 1. The zero-order valence-corrected chi connectivity index (χ0v) is 15.5. The van der Waals surface area contributed by atoms with Gasteiger partial charge in [-0.2, -0.15) is 0 Å². The highest BCUT2D eigenvalue weighted by Gasteiger charge is 2.30. The molecule has 1 rings (SSSR count). The summed E-state index contributed by atoms with van der Waals surface area (Å²) in [5.41, 5.74) is 0.